The Balaban J connectivity index is 1.73. The van der Waals surface area contributed by atoms with E-state index in [9.17, 15) is 4.79 Å². The number of nitrogens with zero attached hydrogens (tertiary/aromatic N) is 3. The van der Waals surface area contributed by atoms with E-state index < -0.39 is 0 Å². The number of likely N-dealkylation sites (tertiary alicyclic amines) is 1. The second-order valence-corrected chi connectivity index (χ2v) is 6.38. The molecule has 6 nitrogen and oxygen atoms in total. The number of pyridine rings is 1. The van der Waals surface area contributed by atoms with E-state index in [1.807, 2.05) is 19.1 Å². The molecular formula is C20H24N4O2. The van der Waals surface area contributed by atoms with E-state index in [2.05, 4.69) is 26.5 Å². The molecule has 6 heteroatoms. The van der Waals surface area contributed by atoms with E-state index in [0.717, 1.165) is 42.2 Å². The summed E-state index contributed by atoms with van der Waals surface area (Å²) >= 11 is 0. The third-order valence-electron chi connectivity index (χ3n) is 4.56. The van der Waals surface area contributed by atoms with Crippen molar-refractivity contribution in [2.75, 3.05) is 20.2 Å². The minimum Gasteiger partial charge on any atom is -0.496 e. The topological polar surface area (TPSA) is 66.8 Å². The van der Waals surface area contributed by atoms with Crippen molar-refractivity contribution in [2.45, 2.75) is 26.3 Å². The van der Waals surface area contributed by atoms with Crippen LogP contribution in [0.5, 0.6) is 5.75 Å². The lowest BCUT2D eigenvalue weighted by molar-refractivity contribution is 0.0954. The molecule has 1 amide bonds. The van der Waals surface area contributed by atoms with Gasteiger partial charge in [-0.3, -0.25) is 14.7 Å². The van der Waals surface area contributed by atoms with Crippen molar-refractivity contribution in [1.29, 1.82) is 0 Å². The Kier molecular flexibility index (Phi) is 5.96. The van der Waals surface area contributed by atoms with Crippen LogP contribution in [0.15, 0.2) is 47.8 Å². The average molecular weight is 352 g/mol. The van der Waals surface area contributed by atoms with Crippen molar-refractivity contribution in [3.8, 4) is 5.75 Å². The van der Waals surface area contributed by atoms with Crippen LogP contribution < -0.4 is 10.2 Å². The maximum Gasteiger partial charge on any atom is 0.271 e. The second-order valence-electron chi connectivity index (χ2n) is 6.38. The molecule has 1 aliphatic heterocycles. The SMILES string of the molecule is COc1ccc(/C(C)=N\NC(=O)c2ccncc2)cc1CN1CCCC1. The highest BCUT2D eigenvalue weighted by molar-refractivity contribution is 6.01. The zero-order valence-electron chi connectivity index (χ0n) is 15.2. The Hall–Kier alpha value is -2.73. The summed E-state index contributed by atoms with van der Waals surface area (Å²) in [5, 5.41) is 4.24. The van der Waals surface area contributed by atoms with E-state index in [4.69, 9.17) is 4.74 Å². The molecule has 1 fully saturated rings. The number of ether oxygens (including phenoxy) is 1. The molecule has 1 aromatic carbocycles. The van der Waals surface area contributed by atoms with Crippen LogP contribution in [0.2, 0.25) is 0 Å². The van der Waals surface area contributed by atoms with Gasteiger partial charge in [-0.1, -0.05) is 0 Å². The molecule has 0 unspecified atom stereocenters. The van der Waals surface area contributed by atoms with Crippen LogP contribution in [0.3, 0.4) is 0 Å². The zero-order valence-corrected chi connectivity index (χ0v) is 15.2. The molecule has 2 heterocycles. The fraction of sp³-hybridized carbons (Fsp3) is 0.350. The molecule has 1 N–H and O–H groups in total. The molecule has 1 aliphatic rings. The highest BCUT2D eigenvalue weighted by atomic mass is 16.5. The first-order valence-corrected chi connectivity index (χ1v) is 8.81. The number of carbonyl (C=O) groups excluding carboxylic acids is 1. The van der Waals surface area contributed by atoms with E-state index in [1.54, 1.807) is 31.6 Å². The lowest BCUT2D eigenvalue weighted by atomic mass is 10.1. The predicted molar refractivity (Wildman–Crippen MR) is 101 cm³/mol. The lowest BCUT2D eigenvalue weighted by Gasteiger charge is -2.17. The maximum absolute atomic E-state index is 12.1. The molecule has 0 atom stereocenters. The smallest absolute Gasteiger partial charge is 0.271 e. The van der Waals surface area contributed by atoms with Crippen molar-refractivity contribution < 1.29 is 9.53 Å². The Morgan fingerprint density at radius 1 is 1.19 bits per heavy atom. The minimum absolute atomic E-state index is 0.252. The Morgan fingerprint density at radius 2 is 1.92 bits per heavy atom. The van der Waals surface area contributed by atoms with Gasteiger partial charge in [0.15, 0.2) is 0 Å². The largest absolute Gasteiger partial charge is 0.496 e. The average Bonchev–Trinajstić information content (AvgIpc) is 3.19. The summed E-state index contributed by atoms with van der Waals surface area (Å²) in [4.78, 5) is 18.4. The number of hydrazone groups is 1. The number of aromatic nitrogens is 1. The molecule has 0 aliphatic carbocycles. The molecule has 3 rings (SSSR count). The van der Waals surface area contributed by atoms with Gasteiger partial charge in [0.2, 0.25) is 0 Å². The number of carbonyl (C=O) groups is 1. The van der Waals surface area contributed by atoms with E-state index >= 15 is 0 Å². The van der Waals surface area contributed by atoms with Gasteiger partial charge in [0, 0.05) is 30.1 Å². The number of hydrogen-bond acceptors (Lipinski definition) is 5. The molecule has 1 aromatic heterocycles. The van der Waals surface area contributed by atoms with Crippen LogP contribution in [-0.2, 0) is 6.54 Å². The second kappa shape index (κ2) is 8.58. The molecule has 1 saturated heterocycles. The first kappa shape index (κ1) is 18.1. The van der Waals surface area contributed by atoms with Crippen LogP contribution in [0.25, 0.3) is 0 Å². The molecule has 0 saturated carbocycles. The molecule has 0 bridgehead atoms. The highest BCUT2D eigenvalue weighted by Crippen LogP contribution is 2.23. The summed E-state index contributed by atoms with van der Waals surface area (Å²) in [6.07, 6.45) is 5.67. The van der Waals surface area contributed by atoms with Crippen molar-refractivity contribution >= 4 is 11.6 Å². The number of methoxy groups -OCH3 is 1. The summed E-state index contributed by atoms with van der Waals surface area (Å²) in [6.45, 7) is 5.01. The van der Waals surface area contributed by atoms with Gasteiger partial charge in [-0.25, -0.2) is 5.43 Å². The Labute approximate surface area is 153 Å². The zero-order chi connectivity index (χ0) is 18.4. The quantitative estimate of drug-likeness (QED) is 0.641. The van der Waals surface area contributed by atoms with Crippen molar-refractivity contribution in [3.63, 3.8) is 0 Å². The summed E-state index contributed by atoms with van der Waals surface area (Å²) in [7, 11) is 1.69. The standard InChI is InChI=1S/C20H24N4O2/c1-15(22-23-20(25)16-7-9-21-10-8-16)17-5-6-19(26-2)18(13-17)14-24-11-3-4-12-24/h5-10,13H,3-4,11-12,14H2,1-2H3,(H,23,25)/b22-15-. The first-order chi connectivity index (χ1) is 12.7. The maximum atomic E-state index is 12.1. The van der Waals surface area contributed by atoms with Crippen LogP contribution in [0, 0.1) is 0 Å². The van der Waals surface area contributed by atoms with E-state index in [1.165, 1.54) is 12.8 Å². The van der Waals surface area contributed by atoms with Crippen molar-refractivity contribution in [2.24, 2.45) is 5.10 Å². The molecule has 0 radical (unpaired) electrons. The van der Waals surface area contributed by atoms with Crippen LogP contribution in [0.4, 0.5) is 0 Å². The Morgan fingerprint density at radius 3 is 2.62 bits per heavy atom. The monoisotopic (exact) mass is 352 g/mol. The first-order valence-electron chi connectivity index (χ1n) is 8.81. The van der Waals surface area contributed by atoms with Gasteiger partial charge < -0.3 is 4.74 Å². The van der Waals surface area contributed by atoms with Gasteiger partial charge in [-0.15, -0.1) is 0 Å². The molecule has 26 heavy (non-hydrogen) atoms. The van der Waals surface area contributed by atoms with Gasteiger partial charge in [0.1, 0.15) is 5.75 Å². The van der Waals surface area contributed by atoms with Gasteiger partial charge in [-0.05, 0) is 68.8 Å². The molecule has 0 spiro atoms. The summed E-state index contributed by atoms with van der Waals surface area (Å²) in [6, 6.07) is 9.33. The molecular weight excluding hydrogens is 328 g/mol. The fourth-order valence-corrected chi connectivity index (χ4v) is 3.08. The number of rotatable bonds is 6. The highest BCUT2D eigenvalue weighted by Gasteiger charge is 2.15. The summed E-state index contributed by atoms with van der Waals surface area (Å²) in [5.74, 6) is 0.631. The van der Waals surface area contributed by atoms with Gasteiger partial charge in [0.05, 0.1) is 12.8 Å². The van der Waals surface area contributed by atoms with Crippen molar-refractivity contribution in [1.82, 2.24) is 15.3 Å². The predicted octanol–water partition coefficient (Wildman–Crippen LogP) is 2.84. The third-order valence-corrected chi connectivity index (χ3v) is 4.56. The summed E-state index contributed by atoms with van der Waals surface area (Å²) in [5.41, 5.74) is 5.98. The van der Waals surface area contributed by atoms with E-state index in [0.29, 0.717) is 5.56 Å². The lowest BCUT2D eigenvalue weighted by Crippen LogP contribution is -2.20. The normalized spacial score (nSPS) is 15.1. The van der Waals surface area contributed by atoms with Gasteiger partial charge in [-0.2, -0.15) is 5.10 Å². The van der Waals surface area contributed by atoms with Crippen LogP contribution in [-0.4, -0.2) is 41.7 Å². The third kappa shape index (κ3) is 4.46. The number of hydrogen-bond donors (Lipinski definition) is 1. The van der Waals surface area contributed by atoms with Crippen LogP contribution in [0.1, 0.15) is 41.3 Å². The summed E-state index contributed by atoms with van der Waals surface area (Å²) < 4.78 is 5.50. The Bertz CT molecular complexity index is 784. The number of benzene rings is 1. The minimum atomic E-state index is -0.252. The van der Waals surface area contributed by atoms with Crippen LogP contribution >= 0.6 is 0 Å². The van der Waals surface area contributed by atoms with Gasteiger partial charge in [0.25, 0.3) is 5.91 Å². The number of nitrogens with one attached hydrogen (secondary N) is 1. The van der Waals surface area contributed by atoms with Crippen molar-refractivity contribution in [3.05, 3.63) is 59.4 Å². The van der Waals surface area contributed by atoms with Gasteiger partial charge >= 0.3 is 0 Å². The number of amides is 1. The molecule has 136 valence electrons. The fourth-order valence-electron chi connectivity index (χ4n) is 3.08. The molecule has 2 aromatic rings. The van der Waals surface area contributed by atoms with E-state index in [-0.39, 0.29) is 5.91 Å².